The van der Waals surface area contributed by atoms with Crippen LogP contribution in [0.2, 0.25) is 0 Å². The standard InChI is InChI=1S/C8H6Br2N2O/c1-12-4-2-11-3-5(13)6(4)7(9)8(12)10/h2-3,13H,1H3. The number of rotatable bonds is 0. The van der Waals surface area contributed by atoms with Crippen LogP contribution in [0.5, 0.6) is 5.75 Å². The fourth-order valence-electron chi connectivity index (χ4n) is 1.27. The third-order valence-corrected chi connectivity index (χ3v) is 4.19. The van der Waals surface area contributed by atoms with E-state index in [1.807, 2.05) is 11.6 Å². The number of aromatic nitrogens is 2. The van der Waals surface area contributed by atoms with Gasteiger partial charge in [0.05, 0.1) is 27.8 Å². The number of fused-ring (bicyclic) bond motifs is 1. The second-order valence-corrected chi connectivity index (χ2v) is 4.26. The van der Waals surface area contributed by atoms with Gasteiger partial charge in [0.2, 0.25) is 0 Å². The zero-order chi connectivity index (χ0) is 9.59. The van der Waals surface area contributed by atoms with E-state index in [0.717, 1.165) is 20.0 Å². The number of aromatic hydroxyl groups is 1. The topological polar surface area (TPSA) is 38.0 Å². The molecule has 0 saturated carbocycles. The molecule has 0 bridgehead atoms. The minimum Gasteiger partial charge on any atom is -0.506 e. The normalized spacial score (nSPS) is 11.0. The average Bonchev–Trinajstić information content (AvgIpc) is 2.33. The van der Waals surface area contributed by atoms with E-state index in [1.54, 1.807) is 6.20 Å². The van der Waals surface area contributed by atoms with E-state index in [9.17, 15) is 5.11 Å². The van der Waals surface area contributed by atoms with Gasteiger partial charge < -0.3 is 9.67 Å². The van der Waals surface area contributed by atoms with Gasteiger partial charge in [-0.2, -0.15) is 0 Å². The molecular formula is C8H6Br2N2O. The number of nitrogens with zero attached hydrogens (tertiary/aromatic N) is 2. The van der Waals surface area contributed by atoms with Crippen molar-refractivity contribution in [1.82, 2.24) is 9.55 Å². The summed E-state index contributed by atoms with van der Waals surface area (Å²) in [5.41, 5.74) is 0.888. The molecule has 0 radical (unpaired) electrons. The van der Waals surface area contributed by atoms with Gasteiger partial charge >= 0.3 is 0 Å². The molecule has 68 valence electrons. The Morgan fingerprint density at radius 1 is 1.38 bits per heavy atom. The van der Waals surface area contributed by atoms with Crippen LogP contribution in [0.4, 0.5) is 0 Å². The zero-order valence-corrected chi connectivity index (χ0v) is 9.92. The second-order valence-electron chi connectivity index (χ2n) is 2.72. The Hall–Kier alpha value is -0.550. The van der Waals surface area contributed by atoms with Crippen LogP contribution in [0.25, 0.3) is 10.9 Å². The molecule has 2 heterocycles. The van der Waals surface area contributed by atoms with E-state index in [-0.39, 0.29) is 5.75 Å². The van der Waals surface area contributed by atoms with Crippen LogP contribution >= 0.6 is 31.9 Å². The maximum atomic E-state index is 9.56. The first-order valence-electron chi connectivity index (χ1n) is 3.59. The minimum absolute atomic E-state index is 0.186. The van der Waals surface area contributed by atoms with Gasteiger partial charge in [-0.25, -0.2) is 0 Å². The molecule has 0 unspecified atom stereocenters. The fourth-order valence-corrected chi connectivity index (χ4v) is 2.34. The van der Waals surface area contributed by atoms with Crippen molar-refractivity contribution in [2.24, 2.45) is 7.05 Å². The van der Waals surface area contributed by atoms with Crippen molar-refractivity contribution in [2.45, 2.75) is 0 Å². The monoisotopic (exact) mass is 304 g/mol. The number of aryl methyl sites for hydroxylation is 1. The van der Waals surface area contributed by atoms with Crippen molar-refractivity contribution in [3.05, 3.63) is 21.5 Å². The summed E-state index contributed by atoms with van der Waals surface area (Å²) in [5, 5.41) is 10.3. The highest BCUT2D eigenvalue weighted by Gasteiger charge is 2.13. The van der Waals surface area contributed by atoms with E-state index >= 15 is 0 Å². The SMILES string of the molecule is Cn1c(Br)c(Br)c2c(O)cncc21. The number of pyridine rings is 1. The van der Waals surface area contributed by atoms with E-state index in [0.29, 0.717) is 0 Å². The lowest BCUT2D eigenvalue weighted by atomic mass is 10.3. The summed E-state index contributed by atoms with van der Waals surface area (Å²) in [6.45, 7) is 0. The molecule has 0 saturated heterocycles. The Labute approximate surface area is 91.6 Å². The molecule has 2 rings (SSSR count). The third-order valence-electron chi connectivity index (χ3n) is 1.96. The van der Waals surface area contributed by atoms with E-state index in [2.05, 4.69) is 36.8 Å². The Morgan fingerprint density at radius 3 is 2.69 bits per heavy atom. The number of halogens is 2. The average molecular weight is 306 g/mol. The number of hydrogen-bond donors (Lipinski definition) is 1. The highest BCUT2D eigenvalue weighted by atomic mass is 79.9. The highest BCUT2D eigenvalue weighted by Crippen LogP contribution is 2.37. The minimum atomic E-state index is 0.186. The molecule has 5 heteroatoms. The zero-order valence-electron chi connectivity index (χ0n) is 6.75. The summed E-state index contributed by atoms with van der Waals surface area (Å²) in [4.78, 5) is 3.92. The smallest absolute Gasteiger partial charge is 0.144 e. The summed E-state index contributed by atoms with van der Waals surface area (Å²) < 4.78 is 3.65. The van der Waals surface area contributed by atoms with Crippen LogP contribution < -0.4 is 0 Å². The van der Waals surface area contributed by atoms with E-state index in [4.69, 9.17) is 0 Å². The van der Waals surface area contributed by atoms with Crippen LogP contribution in [0.15, 0.2) is 21.5 Å². The molecule has 2 aromatic rings. The van der Waals surface area contributed by atoms with Crippen LogP contribution in [0, 0.1) is 0 Å². The largest absolute Gasteiger partial charge is 0.506 e. The summed E-state index contributed by atoms with van der Waals surface area (Å²) in [7, 11) is 1.90. The first-order valence-corrected chi connectivity index (χ1v) is 5.18. The molecule has 0 fully saturated rings. The van der Waals surface area contributed by atoms with E-state index in [1.165, 1.54) is 6.20 Å². The van der Waals surface area contributed by atoms with Crippen LogP contribution in [-0.4, -0.2) is 14.7 Å². The Morgan fingerprint density at radius 2 is 2.08 bits per heavy atom. The van der Waals surface area contributed by atoms with Gasteiger partial charge in [-0.1, -0.05) is 0 Å². The molecule has 0 aliphatic heterocycles. The van der Waals surface area contributed by atoms with Crippen molar-refractivity contribution in [2.75, 3.05) is 0 Å². The first-order chi connectivity index (χ1) is 6.13. The van der Waals surface area contributed by atoms with Gasteiger partial charge in [-0.3, -0.25) is 4.98 Å². The predicted molar refractivity (Wildman–Crippen MR) is 57.8 cm³/mol. The fraction of sp³-hybridized carbons (Fsp3) is 0.125. The summed E-state index contributed by atoms with van der Waals surface area (Å²) in [5.74, 6) is 0.186. The predicted octanol–water partition coefficient (Wildman–Crippen LogP) is 2.80. The Balaban J connectivity index is 3.03. The Bertz CT molecular complexity index is 478. The van der Waals surface area contributed by atoms with Crippen molar-refractivity contribution >= 4 is 42.8 Å². The molecule has 13 heavy (non-hydrogen) atoms. The molecule has 0 aliphatic carbocycles. The van der Waals surface area contributed by atoms with Crippen molar-refractivity contribution in [3.63, 3.8) is 0 Å². The quantitative estimate of drug-likeness (QED) is 0.813. The molecule has 0 aromatic carbocycles. The molecule has 0 atom stereocenters. The third kappa shape index (κ3) is 1.18. The van der Waals surface area contributed by atoms with Gasteiger partial charge in [-0.15, -0.1) is 0 Å². The molecule has 0 spiro atoms. The van der Waals surface area contributed by atoms with Crippen LogP contribution in [0.3, 0.4) is 0 Å². The lowest BCUT2D eigenvalue weighted by Crippen LogP contribution is -1.86. The van der Waals surface area contributed by atoms with Crippen molar-refractivity contribution in [1.29, 1.82) is 0 Å². The lowest BCUT2D eigenvalue weighted by molar-refractivity contribution is 0.479. The van der Waals surface area contributed by atoms with Gasteiger partial charge in [0, 0.05) is 7.05 Å². The summed E-state index contributed by atoms with van der Waals surface area (Å²) in [6.07, 6.45) is 3.14. The summed E-state index contributed by atoms with van der Waals surface area (Å²) >= 11 is 6.80. The van der Waals surface area contributed by atoms with Gasteiger partial charge in [0.1, 0.15) is 10.4 Å². The maximum Gasteiger partial charge on any atom is 0.144 e. The molecule has 3 nitrogen and oxygen atoms in total. The van der Waals surface area contributed by atoms with Gasteiger partial charge in [0.15, 0.2) is 0 Å². The highest BCUT2D eigenvalue weighted by molar-refractivity contribution is 9.13. The Kier molecular flexibility index (Phi) is 2.08. The lowest BCUT2D eigenvalue weighted by Gasteiger charge is -1.96. The molecule has 1 N–H and O–H groups in total. The first kappa shape index (κ1) is 9.02. The van der Waals surface area contributed by atoms with Gasteiger partial charge in [-0.05, 0) is 31.9 Å². The molecule has 2 aromatic heterocycles. The van der Waals surface area contributed by atoms with Crippen LogP contribution in [-0.2, 0) is 7.05 Å². The molecule has 0 amide bonds. The van der Waals surface area contributed by atoms with Crippen molar-refractivity contribution < 1.29 is 5.11 Å². The summed E-state index contributed by atoms with van der Waals surface area (Å²) in [6, 6.07) is 0. The molecular weight excluding hydrogens is 300 g/mol. The van der Waals surface area contributed by atoms with Crippen molar-refractivity contribution in [3.8, 4) is 5.75 Å². The maximum absolute atomic E-state index is 9.56. The van der Waals surface area contributed by atoms with Crippen LogP contribution in [0.1, 0.15) is 0 Å². The molecule has 0 aliphatic rings. The number of hydrogen-bond acceptors (Lipinski definition) is 2. The second kappa shape index (κ2) is 2.99. The van der Waals surface area contributed by atoms with E-state index < -0.39 is 0 Å². The van der Waals surface area contributed by atoms with Gasteiger partial charge in [0.25, 0.3) is 0 Å².